The summed E-state index contributed by atoms with van der Waals surface area (Å²) in [6, 6.07) is 3.86. The van der Waals surface area contributed by atoms with Gasteiger partial charge in [-0.2, -0.15) is 5.10 Å². The summed E-state index contributed by atoms with van der Waals surface area (Å²) in [4.78, 5) is 21.7. The molecule has 6 nitrogen and oxygen atoms in total. The highest BCUT2D eigenvalue weighted by Gasteiger charge is 2.28. The van der Waals surface area contributed by atoms with E-state index in [0.29, 0.717) is 24.7 Å². The summed E-state index contributed by atoms with van der Waals surface area (Å²) < 4.78 is 1.81. The molecule has 0 atom stereocenters. The molecule has 26 heavy (non-hydrogen) atoms. The number of hydrogen-bond donors (Lipinski definition) is 1. The van der Waals surface area contributed by atoms with Gasteiger partial charge in [-0.15, -0.1) is 0 Å². The van der Waals surface area contributed by atoms with Crippen LogP contribution in [0, 0.1) is 5.92 Å². The molecule has 0 bridgehead atoms. The first-order valence-corrected chi connectivity index (χ1v) is 9.62. The van der Waals surface area contributed by atoms with Gasteiger partial charge in [-0.3, -0.25) is 14.5 Å². The predicted molar refractivity (Wildman–Crippen MR) is 101 cm³/mol. The first kappa shape index (κ1) is 16.9. The summed E-state index contributed by atoms with van der Waals surface area (Å²) in [5, 5.41) is 7.75. The summed E-state index contributed by atoms with van der Waals surface area (Å²) in [5.41, 5.74) is 4.18. The zero-order valence-electron chi connectivity index (χ0n) is 15.2. The van der Waals surface area contributed by atoms with Crippen LogP contribution in [-0.4, -0.2) is 32.9 Å². The van der Waals surface area contributed by atoms with Gasteiger partial charge in [0.25, 0.3) is 5.91 Å². The number of aryl methyl sites for hydroxylation is 1. The molecule has 1 fully saturated rings. The molecule has 2 aromatic rings. The first-order chi connectivity index (χ1) is 12.8. The summed E-state index contributed by atoms with van der Waals surface area (Å²) >= 11 is 0. The van der Waals surface area contributed by atoms with Gasteiger partial charge in [-0.25, -0.2) is 4.99 Å². The number of hydrogen-bond acceptors (Lipinski definition) is 4. The average molecular weight is 351 g/mol. The van der Waals surface area contributed by atoms with Crippen LogP contribution in [0.25, 0.3) is 0 Å². The van der Waals surface area contributed by atoms with Crippen LogP contribution in [0.4, 0.5) is 5.69 Å². The number of nitrogens with zero attached hydrogens (tertiary/aromatic N) is 4. The Hall–Kier alpha value is -2.50. The number of rotatable bonds is 4. The maximum Gasteiger partial charge on any atom is 0.272 e. The second kappa shape index (κ2) is 7.40. The van der Waals surface area contributed by atoms with Crippen LogP contribution < -0.4 is 5.32 Å². The Labute approximate surface area is 153 Å². The fourth-order valence-electron chi connectivity index (χ4n) is 4.01. The minimum absolute atomic E-state index is 0.0861. The average Bonchev–Trinajstić information content (AvgIpc) is 2.93. The van der Waals surface area contributed by atoms with Crippen molar-refractivity contribution in [1.82, 2.24) is 20.1 Å². The van der Waals surface area contributed by atoms with E-state index in [9.17, 15) is 4.79 Å². The van der Waals surface area contributed by atoms with E-state index in [1.807, 2.05) is 23.7 Å². The minimum atomic E-state index is -0.0861. The Morgan fingerprint density at radius 1 is 1.19 bits per heavy atom. The van der Waals surface area contributed by atoms with Crippen molar-refractivity contribution in [1.29, 1.82) is 0 Å². The van der Waals surface area contributed by atoms with Gasteiger partial charge in [0.2, 0.25) is 0 Å². The van der Waals surface area contributed by atoms with E-state index in [1.54, 1.807) is 12.4 Å². The Morgan fingerprint density at radius 3 is 2.69 bits per heavy atom. The van der Waals surface area contributed by atoms with Crippen LogP contribution in [-0.2, 0) is 13.0 Å². The van der Waals surface area contributed by atoms with Crippen molar-refractivity contribution in [3.8, 4) is 0 Å². The number of nitrogens with one attached hydrogen (secondary N) is 1. The highest BCUT2D eigenvalue weighted by molar-refractivity contribution is 6.10. The van der Waals surface area contributed by atoms with Crippen molar-refractivity contribution < 1.29 is 4.79 Å². The molecule has 3 heterocycles. The first-order valence-electron chi connectivity index (χ1n) is 9.62. The molecule has 2 aromatic heterocycles. The van der Waals surface area contributed by atoms with E-state index < -0.39 is 0 Å². The lowest BCUT2D eigenvalue weighted by molar-refractivity contribution is 0.0950. The molecular formula is C20H25N5O. The van der Waals surface area contributed by atoms with E-state index in [-0.39, 0.29) is 5.91 Å². The van der Waals surface area contributed by atoms with Crippen LogP contribution in [0.5, 0.6) is 0 Å². The fraction of sp³-hybridized carbons (Fsp3) is 0.500. The number of fused-ring (bicyclic) bond motifs is 1. The molecule has 1 aliphatic carbocycles. The Kier molecular flexibility index (Phi) is 4.82. The molecule has 1 amide bonds. The van der Waals surface area contributed by atoms with Gasteiger partial charge in [-0.1, -0.05) is 32.1 Å². The van der Waals surface area contributed by atoms with Gasteiger partial charge < -0.3 is 5.32 Å². The zero-order chi connectivity index (χ0) is 17.9. The lowest BCUT2D eigenvalue weighted by atomic mass is 9.86. The molecule has 6 heteroatoms. The monoisotopic (exact) mass is 351 g/mol. The lowest BCUT2D eigenvalue weighted by Gasteiger charge is -2.20. The Bertz CT molecular complexity index is 818. The van der Waals surface area contributed by atoms with Gasteiger partial charge >= 0.3 is 0 Å². The maximum absolute atomic E-state index is 12.7. The van der Waals surface area contributed by atoms with Crippen LogP contribution in [0.2, 0.25) is 0 Å². The molecule has 4 rings (SSSR count). The minimum Gasteiger partial charge on any atom is -0.345 e. The topological polar surface area (TPSA) is 72.2 Å². The standard InChI is InChI=1S/C20H25N5O/c1-2-25-19-18(16(24-25)12-14-6-4-3-5-7-14)23-17(13-22-20(19)26)15-8-10-21-11-9-15/h8-11,14H,2-7,12-13H2,1H3,(H,22,26). The number of carbonyl (C=O) groups is 1. The fourth-order valence-corrected chi connectivity index (χ4v) is 4.01. The molecule has 0 unspecified atom stereocenters. The predicted octanol–water partition coefficient (Wildman–Crippen LogP) is 3.29. The second-order valence-electron chi connectivity index (χ2n) is 7.14. The van der Waals surface area contributed by atoms with Crippen molar-refractivity contribution in [2.24, 2.45) is 10.9 Å². The lowest BCUT2D eigenvalue weighted by Crippen LogP contribution is -2.29. The van der Waals surface area contributed by atoms with E-state index in [4.69, 9.17) is 10.1 Å². The SMILES string of the molecule is CCn1nc(CC2CCCCC2)c2c1C(=O)NCC(c1ccncc1)=N2. The number of aromatic nitrogens is 3. The van der Waals surface area contributed by atoms with E-state index in [2.05, 4.69) is 10.3 Å². The van der Waals surface area contributed by atoms with Crippen molar-refractivity contribution in [2.75, 3.05) is 6.54 Å². The molecular weight excluding hydrogens is 326 g/mol. The highest BCUT2D eigenvalue weighted by Crippen LogP contribution is 2.33. The summed E-state index contributed by atoms with van der Waals surface area (Å²) in [7, 11) is 0. The third-order valence-corrected chi connectivity index (χ3v) is 5.40. The van der Waals surface area contributed by atoms with E-state index in [1.165, 1.54) is 32.1 Å². The third kappa shape index (κ3) is 3.28. The maximum atomic E-state index is 12.7. The number of pyridine rings is 1. The second-order valence-corrected chi connectivity index (χ2v) is 7.14. The van der Waals surface area contributed by atoms with Gasteiger partial charge in [0.15, 0.2) is 5.69 Å². The molecule has 1 N–H and O–H groups in total. The summed E-state index contributed by atoms with van der Waals surface area (Å²) in [6.45, 7) is 3.11. The number of aliphatic imine (C=N–C) groups is 1. The van der Waals surface area contributed by atoms with Crippen molar-refractivity contribution in [3.05, 3.63) is 41.5 Å². The van der Waals surface area contributed by atoms with Crippen LogP contribution in [0.15, 0.2) is 29.5 Å². The zero-order valence-corrected chi connectivity index (χ0v) is 15.2. The van der Waals surface area contributed by atoms with Gasteiger partial charge in [0.05, 0.1) is 18.0 Å². The van der Waals surface area contributed by atoms with Crippen LogP contribution >= 0.6 is 0 Å². The molecule has 0 aromatic carbocycles. The highest BCUT2D eigenvalue weighted by atomic mass is 16.2. The molecule has 2 aliphatic rings. The molecule has 1 aliphatic heterocycles. The quantitative estimate of drug-likeness (QED) is 0.919. The van der Waals surface area contributed by atoms with Crippen molar-refractivity contribution in [3.63, 3.8) is 0 Å². The van der Waals surface area contributed by atoms with Crippen LogP contribution in [0.1, 0.15) is 60.8 Å². The third-order valence-electron chi connectivity index (χ3n) is 5.40. The van der Waals surface area contributed by atoms with Crippen molar-refractivity contribution >= 4 is 17.3 Å². The van der Waals surface area contributed by atoms with Crippen molar-refractivity contribution in [2.45, 2.75) is 52.0 Å². The molecule has 1 saturated carbocycles. The number of carbonyl (C=O) groups excluding carboxylic acids is 1. The molecule has 0 spiro atoms. The molecule has 136 valence electrons. The smallest absolute Gasteiger partial charge is 0.272 e. The van der Waals surface area contributed by atoms with E-state index in [0.717, 1.165) is 29.1 Å². The Balaban J connectivity index is 1.76. The van der Waals surface area contributed by atoms with Gasteiger partial charge in [0, 0.05) is 24.5 Å². The summed E-state index contributed by atoms with van der Waals surface area (Å²) in [5.74, 6) is 0.566. The Morgan fingerprint density at radius 2 is 1.96 bits per heavy atom. The normalized spacial score (nSPS) is 18.0. The largest absolute Gasteiger partial charge is 0.345 e. The number of amides is 1. The van der Waals surface area contributed by atoms with Gasteiger partial charge in [0.1, 0.15) is 5.69 Å². The molecule has 0 radical (unpaired) electrons. The summed E-state index contributed by atoms with van der Waals surface area (Å²) in [6.07, 6.45) is 10.9. The molecule has 0 saturated heterocycles. The van der Waals surface area contributed by atoms with E-state index >= 15 is 0 Å². The van der Waals surface area contributed by atoms with Gasteiger partial charge in [-0.05, 0) is 31.4 Å². The van der Waals surface area contributed by atoms with Crippen LogP contribution in [0.3, 0.4) is 0 Å².